The first kappa shape index (κ1) is 13.2. The summed E-state index contributed by atoms with van der Waals surface area (Å²) in [7, 11) is 0. The zero-order valence-corrected chi connectivity index (χ0v) is 11.1. The van der Waals surface area contributed by atoms with Gasteiger partial charge in [0.1, 0.15) is 6.10 Å². The SMILES string of the molecule is FC(F)(F)OC(CI)c1ccccc1Br. The molecule has 1 unspecified atom stereocenters. The molecule has 1 rings (SSSR count). The lowest BCUT2D eigenvalue weighted by Crippen LogP contribution is -2.19. The lowest BCUT2D eigenvalue weighted by atomic mass is 10.1. The minimum absolute atomic E-state index is 0.236. The van der Waals surface area contributed by atoms with E-state index in [0.717, 1.165) is 0 Å². The Labute approximate surface area is 107 Å². The molecule has 6 heteroatoms. The monoisotopic (exact) mass is 394 g/mol. The lowest BCUT2D eigenvalue weighted by Gasteiger charge is -2.18. The van der Waals surface area contributed by atoms with Gasteiger partial charge in [0.25, 0.3) is 0 Å². The normalized spacial score (nSPS) is 13.9. The molecule has 0 N–H and O–H groups in total. The molecule has 0 aliphatic rings. The van der Waals surface area contributed by atoms with Crippen LogP contribution in [-0.2, 0) is 4.74 Å². The molecule has 0 saturated heterocycles. The van der Waals surface area contributed by atoms with E-state index in [9.17, 15) is 13.2 Å². The van der Waals surface area contributed by atoms with Crippen LogP contribution in [0.25, 0.3) is 0 Å². The van der Waals surface area contributed by atoms with Gasteiger partial charge in [-0.1, -0.05) is 56.7 Å². The fourth-order valence-corrected chi connectivity index (χ4v) is 2.27. The Kier molecular flexibility index (Phi) is 4.85. The first-order valence-electron chi connectivity index (χ1n) is 3.99. The van der Waals surface area contributed by atoms with Crippen molar-refractivity contribution >= 4 is 38.5 Å². The van der Waals surface area contributed by atoms with Crippen LogP contribution in [0.15, 0.2) is 28.7 Å². The van der Waals surface area contributed by atoms with E-state index in [0.29, 0.717) is 10.0 Å². The highest BCUT2D eigenvalue weighted by atomic mass is 127. The van der Waals surface area contributed by atoms with Crippen LogP contribution in [0.5, 0.6) is 0 Å². The third-order valence-corrected chi connectivity index (χ3v) is 3.19. The van der Waals surface area contributed by atoms with Crippen molar-refractivity contribution in [3.8, 4) is 0 Å². The van der Waals surface area contributed by atoms with Crippen molar-refractivity contribution in [3.63, 3.8) is 0 Å². The predicted molar refractivity (Wildman–Crippen MR) is 62.9 cm³/mol. The van der Waals surface area contributed by atoms with E-state index in [2.05, 4.69) is 20.7 Å². The second-order valence-corrected chi connectivity index (χ2v) is 4.46. The molecule has 1 atom stereocenters. The highest BCUT2D eigenvalue weighted by Gasteiger charge is 2.34. The third kappa shape index (κ3) is 4.28. The zero-order chi connectivity index (χ0) is 11.5. The highest BCUT2D eigenvalue weighted by Crippen LogP contribution is 2.32. The van der Waals surface area contributed by atoms with Crippen LogP contribution in [0.4, 0.5) is 13.2 Å². The quantitative estimate of drug-likeness (QED) is 0.543. The average Bonchev–Trinajstić information content (AvgIpc) is 2.14. The Morgan fingerprint density at radius 3 is 2.40 bits per heavy atom. The summed E-state index contributed by atoms with van der Waals surface area (Å²) in [4.78, 5) is 0. The number of ether oxygens (including phenoxy) is 1. The van der Waals surface area contributed by atoms with Crippen molar-refractivity contribution in [1.29, 1.82) is 0 Å². The average molecular weight is 395 g/mol. The summed E-state index contributed by atoms with van der Waals surface area (Å²) in [5.74, 6) is 0. The fourth-order valence-electron chi connectivity index (χ4n) is 1.08. The largest absolute Gasteiger partial charge is 0.523 e. The third-order valence-electron chi connectivity index (χ3n) is 1.67. The molecule has 84 valence electrons. The first-order chi connectivity index (χ1) is 6.94. The summed E-state index contributed by atoms with van der Waals surface area (Å²) in [5.41, 5.74) is 0.504. The van der Waals surface area contributed by atoms with Gasteiger partial charge >= 0.3 is 6.36 Å². The smallest absolute Gasteiger partial charge is 0.283 e. The molecule has 0 saturated carbocycles. The van der Waals surface area contributed by atoms with Gasteiger partial charge in [-0.3, -0.25) is 4.74 Å². The zero-order valence-electron chi connectivity index (χ0n) is 7.39. The molecule has 0 aliphatic carbocycles. The number of rotatable bonds is 3. The second-order valence-electron chi connectivity index (χ2n) is 2.73. The van der Waals surface area contributed by atoms with Gasteiger partial charge in [-0.2, -0.15) is 0 Å². The number of hydrogen-bond acceptors (Lipinski definition) is 1. The summed E-state index contributed by atoms with van der Waals surface area (Å²) >= 11 is 5.06. The number of benzene rings is 1. The van der Waals surface area contributed by atoms with Gasteiger partial charge in [0, 0.05) is 8.90 Å². The minimum atomic E-state index is -4.61. The molecule has 0 radical (unpaired) electrons. The molecular formula is C9H7BrF3IO. The van der Waals surface area contributed by atoms with Crippen molar-refractivity contribution in [2.24, 2.45) is 0 Å². The van der Waals surface area contributed by atoms with Gasteiger partial charge in [-0.25, -0.2) is 0 Å². The van der Waals surface area contributed by atoms with Gasteiger partial charge in [0.15, 0.2) is 0 Å². The van der Waals surface area contributed by atoms with Gasteiger partial charge in [-0.05, 0) is 11.6 Å². The van der Waals surface area contributed by atoms with E-state index in [1.165, 1.54) is 0 Å². The Morgan fingerprint density at radius 2 is 1.93 bits per heavy atom. The van der Waals surface area contributed by atoms with Gasteiger partial charge < -0.3 is 0 Å². The van der Waals surface area contributed by atoms with Crippen molar-refractivity contribution in [2.45, 2.75) is 12.5 Å². The number of hydrogen-bond donors (Lipinski definition) is 0. The molecule has 0 spiro atoms. The molecule has 0 aliphatic heterocycles. The van der Waals surface area contributed by atoms with E-state index in [4.69, 9.17) is 0 Å². The number of halogens is 5. The van der Waals surface area contributed by atoms with Crippen LogP contribution < -0.4 is 0 Å². The van der Waals surface area contributed by atoms with Crippen molar-refractivity contribution < 1.29 is 17.9 Å². The van der Waals surface area contributed by atoms with Gasteiger partial charge in [0.2, 0.25) is 0 Å². The van der Waals surface area contributed by atoms with Crippen LogP contribution in [-0.4, -0.2) is 10.8 Å². The maximum atomic E-state index is 12.1. The maximum Gasteiger partial charge on any atom is 0.523 e. The summed E-state index contributed by atoms with van der Waals surface area (Å²) in [6, 6.07) is 6.72. The molecule has 0 aromatic heterocycles. The first-order valence-corrected chi connectivity index (χ1v) is 6.31. The Hall–Kier alpha value is 0.180. The minimum Gasteiger partial charge on any atom is -0.283 e. The summed E-state index contributed by atoms with van der Waals surface area (Å²) in [6.07, 6.45) is -5.58. The van der Waals surface area contributed by atoms with E-state index in [-0.39, 0.29) is 4.43 Å². The highest BCUT2D eigenvalue weighted by molar-refractivity contribution is 14.1. The van der Waals surface area contributed by atoms with E-state index < -0.39 is 12.5 Å². The molecular weight excluding hydrogens is 388 g/mol. The van der Waals surface area contributed by atoms with E-state index >= 15 is 0 Å². The van der Waals surface area contributed by atoms with Crippen LogP contribution in [0.1, 0.15) is 11.7 Å². The Balaban J connectivity index is 2.88. The molecule has 0 fully saturated rings. The molecule has 15 heavy (non-hydrogen) atoms. The van der Waals surface area contributed by atoms with Crippen molar-refractivity contribution in [2.75, 3.05) is 4.43 Å². The molecule has 1 nitrogen and oxygen atoms in total. The topological polar surface area (TPSA) is 9.23 Å². The van der Waals surface area contributed by atoms with Crippen molar-refractivity contribution in [1.82, 2.24) is 0 Å². The molecule has 1 aromatic rings. The van der Waals surface area contributed by atoms with Gasteiger partial charge in [-0.15, -0.1) is 13.2 Å². The predicted octanol–water partition coefficient (Wildman–Crippen LogP) is 4.46. The van der Waals surface area contributed by atoms with E-state index in [1.807, 2.05) is 22.6 Å². The molecule has 0 bridgehead atoms. The van der Waals surface area contributed by atoms with Crippen LogP contribution in [0, 0.1) is 0 Å². The Morgan fingerprint density at radius 1 is 1.33 bits per heavy atom. The Bertz CT molecular complexity index is 329. The molecule has 0 amide bonds. The van der Waals surface area contributed by atoms with Crippen molar-refractivity contribution in [3.05, 3.63) is 34.3 Å². The van der Waals surface area contributed by atoms with Crippen LogP contribution in [0.3, 0.4) is 0 Å². The van der Waals surface area contributed by atoms with E-state index in [1.54, 1.807) is 24.3 Å². The number of alkyl halides is 4. The fraction of sp³-hybridized carbons (Fsp3) is 0.333. The molecule has 1 aromatic carbocycles. The summed E-state index contributed by atoms with van der Waals surface area (Å²) < 4.78 is 41.1. The molecule has 0 heterocycles. The van der Waals surface area contributed by atoms with Gasteiger partial charge in [0.05, 0.1) is 0 Å². The van der Waals surface area contributed by atoms with Crippen LogP contribution in [0.2, 0.25) is 0 Å². The summed E-state index contributed by atoms with van der Waals surface area (Å²) in [5, 5.41) is 0. The summed E-state index contributed by atoms with van der Waals surface area (Å²) in [6.45, 7) is 0. The maximum absolute atomic E-state index is 12.1. The second kappa shape index (κ2) is 5.49. The van der Waals surface area contributed by atoms with Crippen LogP contribution >= 0.6 is 38.5 Å². The lowest BCUT2D eigenvalue weighted by molar-refractivity contribution is -0.341. The standard InChI is InChI=1S/C9H7BrF3IO/c10-7-4-2-1-3-6(7)8(5-14)15-9(11,12)13/h1-4,8H,5H2.